The molecular weight excluding hydrogens is 542 g/mol. The highest BCUT2D eigenvalue weighted by Crippen LogP contribution is 2.37. The van der Waals surface area contributed by atoms with Gasteiger partial charge < -0.3 is 34.2 Å². The minimum absolute atomic E-state index is 0.00394. The van der Waals surface area contributed by atoms with Gasteiger partial charge in [0.2, 0.25) is 23.0 Å². The summed E-state index contributed by atoms with van der Waals surface area (Å²) in [5.41, 5.74) is 0.864. The van der Waals surface area contributed by atoms with Gasteiger partial charge in [0.1, 0.15) is 5.76 Å². The normalized spacial score (nSPS) is 18.2. The van der Waals surface area contributed by atoms with Crippen molar-refractivity contribution >= 4 is 11.8 Å². The predicted molar refractivity (Wildman–Crippen MR) is 153 cm³/mol. The van der Waals surface area contributed by atoms with Crippen LogP contribution in [0.25, 0.3) is 0 Å². The van der Waals surface area contributed by atoms with Gasteiger partial charge in [0.15, 0.2) is 17.3 Å². The Balaban J connectivity index is 1.20. The number of ether oxygens (including phenoxy) is 1. The summed E-state index contributed by atoms with van der Waals surface area (Å²) in [6, 6.07) is 11.0. The molecule has 1 aromatic carbocycles. The van der Waals surface area contributed by atoms with Gasteiger partial charge in [0, 0.05) is 62.8 Å². The number of phenols is 1. The number of rotatable bonds is 9. The van der Waals surface area contributed by atoms with Crippen LogP contribution in [0.2, 0.25) is 0 Å². The van der Waals surface area contributed by atoms with Crippen molar-refractivity contribution in [3.8, 4) is 17.2 Å². The van der Waals surface area contributed by atoms with E-state index in [-0.39, 0.29) is 71.6 Å². The fourth-order valence-corrected chi connectivity index (χ4v) is 6.12. The molecule has 2 bridgehead atoms. The number of aromatic nitrogens is 1. The number of aromatic hydroxyl groups is 2. The monoisotopic (exact) mass is 577 g/mol. The first-order chi connectivity index (χ1) is 20.1. The maximum atomic E-state index is 13.0. The van der Waals surface area contributed by atoms with E-state index < -0.39 is 17.1 Å². The number of hydrogen-bond acceptors (Lipinski definition) is 8. The zero-order chi connectivity index (χ0) is 30.0. The van der Waals surface area contributed by atoms with Crippen LogP contribution in [0, 0.1) is 12.8 Å². The van der Waals surface area contributed by atoms with Crippen LogP contribution in [-0.4, -0.2) is 58.2 Å². The average Bonchev–Trinajstić information content (AvgIpc) is 2.97. The molecule has 3 N–H and O–H groups in total. The van der Waals surface area contributed by atoms with E-state index in [1.807, 2.05) is 15.5 Å². The van der Waals surface area contributed by atoms with Gasteiger partial charge in [-0.3, -0.25) is 19.2 Å². The number of nitrogens with one attached hydrogen (secondary N) is 1. The van der Waals surface area contributed by atoms with Crippen LogP contribution >= 0.6 is 0 Å². The van der Waals surface area contributed by atoms with E-state index >= 15 is 0 Å². The van der Waals surface area contributed by atoms with Crippen molar-refractivity contribution in [2.24, 2.45) is 5.92 Å². The second kappa shape index (κ2) is 12.1. The first-order valence-corrected chi connectivity index (χ1v) is 14.1. The van der Waals surface area contributed by atoms with E-state index in [0.717, 1.165) is 12.1 Å². The highest BCUT2D eigenvalue weighted by molar-refractivity contribution is 5.78. The minimum atomic E-state index is -0.836. The van der Waals surface area contributed by atoms with Crippen molar-refractivity contribution in [1.82, 2.24) is 14.8 Å². The lowest BCUT2D eigenvalue weighted by atomic mass is 9.83. The Labute approximate surface area is 242 Å². The van der Waals surface area contributed by atoms with Crippen LogP contribution in [0.3, 0.4) is 0 Å². The number of likely N-dealkylation sites (tertiary alicyclic amines) is 1. The predicted octanol–water partition coefficient (Wildman–Crippen LogP) is 2.59. The number of phenolic OH excluding ortho intramolecular Hbond substituents is 1. The molecule has 1 saturated heterocycles. The number of carbonyl (C=O) groups is 2. The second-order valence-corrected chi connectivity index (χ2v) is 11.1. The third-order valence-electron chi connectivity index (χ3n) is 8.11. The van der Waals surface area contributed by atoms with Gasteiger partial charge in [-0.1, -0.05) is 12.1 Å². The largest absolute Gasteiger partial charge is 0.504 e. The molecule has 42 heavy (non-hydrogen) atoms. The van der Waals surface area contributed by atoms with Crippen LogP contribution < -0.4 is 21.0 Å². The number of methoxy groups -OCH3 is 1. The lowest BCUT2D eigenvalue weighted by molar-refractivity contribution is -0.134. The number of pyridine rings is 1. The Hall–Kier alpha value is -4.54. The highest BCUT2D eigenvalue weighted by atomic mass is 16.5. The number of fused-ring (bicyclic) bond motifs is 4. The molecule has 3 aromatic rings. The van der Waals surface area contributed by atoms with E-state index in [2.05, 4.69) is 5.32 Å². The van der Waals surface area contributed by atoms with Gasteiger partial charge in [-0.25, -0.2) is 0 Å². The summed E-state index contributed by atoms with van der Waals surface area (Å²) in [6.07, 6.45) is 1.52. The topological polar surface area (TPSA) is 151 Å². The number of nitrogens with zero attached hydrogens (tertiary/aromatic N) is 2. The first-order valence-electron chi connectivity index (χ1n) is 14.1. The van der Waals surface area contributed by atoms with E-state index in [1.54, 1.807) is 25.1 Å². The number of hydrogen-bond donors (Lipinski definition) is 3. The number of piperidine rings is 1. The van der Waals surface area contributed by atoms with Gasteiger partial charge in [-0.2, -0.15) is 0 Å². The van der Waals surface area contributed by atoms with Gasteiger partial charge in [-0.05, 0) is 49.4 Å². The fourth-order valence-electron chi connectivity index (χ4n) is 6.12. The maximum absolute atomic E-state index is 13.0. The van der Waals surface area contributed by atoms with Gasteiger partial charge in [0.05, 0.1) is 13.0 Å². The van der Waals surface area contributed by atoms with Crippen LogP contribution in [0.15, 0.2) is 56.5 Å². The molecule has 3 atom stereocenters. The maximum Gasteiger partial charge on any atom is 0.250 e. The van der Waals surface area contributed by atoms with Crippen molar-refractivity contribution in [2.45, 2.75) is 51.0 Å². The highest BCUT2D eigenvalue weighted by Gasteiger charge is 2.36. The zero-order valence-corrected chi connectivity index (χ0v) is 23.7. The summed E-state index contributed by atoms with van der Waals surface area (Å²) in [5.74, 6) is -1.09. The zero-order valence-electron chi connectivity index (χ0n) is 23.7. The molecule has 2 aromatic heterocycles. The summed E-state index contributed by atoms with van der Waals surface area (Å²) in [4.78, 5) is 52.5. The molecule has 0 saturated carbocycles. The fraction of sp³-hybridized carbons (Fsp3) is 0.419. The lowest BCUT2D eigenvalue weighted by Crippen LogP contribution is -2.49. The van der Waals surface area contributed by atoms with E-state index in [0.29, 0.717) is 31.6 Å². The van der Waals surface area contributed by atoms with Crippen LogP contribution in [-0.2, 0) is 16.1 Å². The number of amides is 2. The number of carbonyl (C=O) groups excluding carboxylic acids is 2. The molecule has 0 spiro atoms. The van der Waals surface area contributed by atoms with Crippen molar-refractivity contribution in [1.29, 1.82) is 0 Å². The van der Waals surface area contributed by atoms with Crippen molar-refractivity contribution in [3.05, 3.63) is 85.8 Å². The Kier molecular flexibility index (Phi) is 8.37. The summed E-state index contributed by atoms with van der Waals surface area (Å²) >= 11 is 0. The minimum Gasteiger partial charge on any atom is -0.504 e. The average molecular weight is 578 g/mol. The molecule has 2 aliphatic rings. The van der Waals surface area contributed by atoms with E-state index in [9.17, 15) is 29.4 Å². The Morgan fingerprint density at radius 2 is 1.93 bits per heavy atom. The van der Waals surface area contributed by atoms with Crippen LogP contribution in [0.1, 0.15) is 60.3 Å². The third kappa shape index (κ3) is 6.05. The van der Waals surface area contributed by atoms with Crippen molar-refractivity contribution < 1.29 is 29.0 Å². The molecule has 11 heteroatoms. The quantitative estimate of drug-likeness (QED) is 0.328. The van der Waals surface area contributed by atoms with Gasteiger partial charge in [0.25, 0.3) is 5.56 Å². The van der Waals surface area contributed by atoms with Crippen molar-refractivity contribution in [3.63, 3.8) is 0 Å². The number of aryl methyl sites for hydroxylation is 1. The molecule has 0 aliphatic carbocycles. The third-order valence-corrected chi connectivity index (χ3v) is 8.11. The van der Waals surface area contributed by atoms with Crippen LogP contribution in [0.4, 0.5) is 0 Å². The van der Waals surface area contributed by atoms with Gasteiger partial charge in [-0.15, -0.1) is 0 Å². The molecular formula is C31H35N3O8. The lowest BCUT2D eigenvalue weighted by Gasteiger charge is -2.42. The molecule has 4 heterocycles. The standard InChI is InChI=1S/C31H35N3O8/c1-18-11-25(36)30(40)31(42-18)22(20-8-9-24(35)26(13-20)41-2)14-27(37)32-10-4-7-28(38)33-15-19-12-21(17-33)23-5-3-6-29(39)34(23)16-19/h3,5-6,8-9,11,13,19,21-22,35,40H,4,7,10,12,14-17H2,1-2H3,(H,32,37). The number of benzene rings is 1. The molecule has 2 amide bonds. The summed E-state index contributed by atoms with van der Waals surface area (Å²) in [7, 11) is 1.39. The molecule has 0 radical (unpaired) electrons. The summed E-state index contributed by atoms with van der Waals surface area (Å²) in [5, 5.41) is 23.3. The molecule has 2 aliphatic heterocycles. The Morgan fingerprint density at radius 3 is 2.71 bits per heavy atom. The van der Waals surface area contributed by atoms with E-state index in [1.165, 1.54) is 25.3 Å². The van der Waals surface area contributed by atoms with Gasteiger partial charge >= 0.3 is 0 Å². The Morgan fingerprint density at radius 1 is 1.12 bits per heavy atom. The molecule has 11 nitrogen and oxygen atoms in total. The Bertz CT molecular complexity index is 1610. The first kappa shape index (κ1) is 29.0. The molecule has 3 unspecified atom stereocenters. The molecule has 1 fully saturated rings. The molecule has 222 valence electrons. The van der Waals surface area contributed by atoms with Crippen molar-refractivity contribution in [2.75, 3.05) is 26.7 Å². The smallest absolute Gasteiger partial charge is 0.250 e. The second-order valence-electron chi connectivity index (χ2n) is 11.1. The van der Waals surface area contributed by atoms with Crippen LogP contribution in [0.5, 0.6) is 17.2 Å². The summed E-state index contributed by atoms with van der Waals surface area (Å²) < 4.78 is 12.7. The van der Waals surface area contributed by atoms with E-state index in [4.69, 9.17) is 9.15 Å². The SMILES string of the molecule is COc1cc(C(CC(=O)NCCCC(=O)N2CC3CC(C2)c2cccc(=O)n2C3)c2oc(C)cc(=O)c2O)ccc1O. The summed E-state index contributed by atoms with van der Waals surface area (Å²) in [6.45, 7) is 3.65. The molecule has 5 rings (SSSR count).